The van der Waals surface area contributed by atoms with Gasteiger partial charge in [0.05, 0.1) is 5.41 Å². The second-order valence-corrected chi connectivity index (χ2v) is 8.54. The number of rotatable bonds is 4. The van der Waals surface area contributed by atoms with Crippen LogP contribution in [0.15, 0.2) is 65.2 Å². The van der Waals surface area contributed by atoms with Gasteiger partial charge in [-0.1, -0.05) is 53.7 Å². The minimum absolute atomic E-state index is 0.0789. The molecule has 3 aromatic rings. The number of fused-ring (bicyclic) bond motifs is 1. The van der Waals surface area contributed by atoms with Gasteiger partial charge in [0.15, 0.2) is 5.82 Å². The van der Waals surface area contributed by atoms with Crippen molar-refractivity contribution in [2.75, 3.05) is 26.2 Å². The number of nitrogens with zero attached hydrogens (tertiary/aromatic N) is 4. The summed E-state index contributed by atoms with van der Waals surface area (Å²) in [7, 11) is 0. The summed E-state index contributed by atoms with van der Waals surface area (Å²) in [6, 6.07) is 20.1. The van der Waals surface area contributed by atoms with E-state index in [1.807, 2.05) is 48.2 Å². The molecule has 0 bridgehead atoms. The highest BCUT2D eigenvalue weighted by Gasteiger charge is 2.55. The van der Waals surface area contributed by atoms with Crippen LogP contribution in [0.1, 0.15) is 34.1 Å². The molecule has 2 atom stereocenters. The molecule has 2 aromatic carbocycles. The van der Waals surface area contributed by atoms with E-state index in [4.69, 9.17) is 4.52 Å². The first-order valence-corrected chi connectivity index (χ1v) is 10.6. The van der Waals surface area contributed by atoms with E-state index >= 15 is 0 Å². The molecule has 6 nitrogen and oxygen atoms in total. The molecule has 0 radical (unpaired) electrons. The zero-order valence-electron chi connectivity index (χ0n) is 17.2. The zero-order valence-corrected chi connectivity index (χ0v) is 17.2. The maximum Gasteiger partial charge on any atom is 0.253 e. The highest BCUT2D eigenvalue weighted by Crippen LogP contribution is 2.44. The standard InChI is InChI=1S/C24H26N4O2/c1-18-25-23(30-26-18)24-16-27(14-19-8-4-2-5-9-19)13-12-21(24)15-28(17-24)22(29)20-10-6-3-7-11-20/h2-11,21H,12-17H2,1H3/t21-,24-/m0/s1. The van der Waals surface area contributed by atoms with Crippen LogP contribution in [0.4, 0.5) is 0 Å². The number of hydrogen-bond acceptors (Lipinski definition) is 5. The number of hydrogen-bond donors (Lipinski definition) is 0. The van der Waals surface area contributed by atoms with Crippen molar-refractivity contribution in [1.29, 1.82) is 0 Å². The molecular weight excluding hydrogens is 376 g/mol. The minimum atomic E-state index is -0.321. The molecule has 6 heteroatoms. The van der Waals surface area contributed by atoms with Gasteiger partial charge in [0.2, 0.25) is 5.89 Å². The first kappa shape index (κ1) is 19.0. The van der Waals surface area contributed by atoms with E-state index < -0.39 is 0 Å². The molecule has 2 aliphatic rings. The molecule has 0 spiro atoms. The third-order valence-electron chi connectivity index (χ3n) is 6.51. The van der Waals surface area contributed by atoms with Gasteiger partial charge in [-0.15, -0.1) is 0 Å². The predicted molar refractivity (Wildman–Crippen MR) is 113 cm³/mol. The summed E-state index contributed by atoms with van der Waals surface area (Å²) in [5.41, 5.74) is 1.70. The number of carbonyl (C=O) groups excluding carboxylic acids is 1. The highest BCUT2D eigenvalue weighted by atomic mass is 16.5. The maximum atomic E-state index is 13.2. The van der Waals surface area contributed by atoms with Crippen LogP contribution in [0.3, 0.4) is 0 Å². The average molecular weight is 402 g/mol. The van der Waals surface area contributed by atoms with Crippen LogP contribution in [0.5, 0.6) is 0 Å². The van der Waals surface area contributed by atoms with Crippen molar-refractivity contribution in [3.63, 3.8) is 0 Å². The monoisotopic (exact) mass is 402 g/mol. The van der Waals surface area contributed by atoms with Gasteiger partial charge in [-0.3, -0.25) is 9.69 Å². The fourth-order valence-electron chi connectivity index (χ4n) is 5.04. The number of benzene rings is 2. The summed E-state index contributed by atoms with van der Waals surface area (Å²) in [4.78, 5) is 22.3. The van der Waals surface area contributed by atoms with Crippen LogP contribution in [0.2, 0.25) is 0 Å². The quantitative estimate of drug-likeness (QED) is 0.670. The summed E-state index contributed by atoms with van der Waals surface area (Å²) >= 11 is 0. The summed E-state index contributed by atoms with van der Waals surface area (Å²) in [6.07, 6.45) is 1.01. The third kappa shape index (κ3) is 3.41. The van der Waals surface area contributed by atoms with Crippen molar-refractivity contribution in [1.82, 2.24) is 19.9 Å². The fourth-order valence-corrected chi connectivity index (χ4v) is 5.04. The van der Waals surface area contributed by atoms with Crippen molar-refractivity contribution < 1.29 is 9.32 Å². The number of aryl methyl sites for hydroxylation is 1. The fraction of sp³-hybridized carbons (Fsp3) is 0.375. The summed E-state index contributed by atoms with van der Waals surface area (Å²) < 4.78 is 5.72. The van der Waals surface area contributed by atoms with E-state index in [1.54, 1.807) is 0 Å². The zero-order chi connectivity index (χ0) is 20.6. The molecule has 154 valence electrons. The van der Waals surface area contributed by atoms with E-state index in [9.17, 15) is 4.79 Å². The summed E-state index contributed by atoms with van der Waals surface area (Å²) in [6.45, 7) is 5.89. The molecule has 0 unspecified atom stereocenters. The van der Waals surface area contributed by atoms with Crippen molar-refractivity contribution in [3.05, 3.63) is 83.5 Å². The van der Waals surface area contributed by atoms with Gasteiger partial charge in [-0.25, -0.2) is 0 Å². The molecular formula is C24H26N4O2. The van der Waals surface area contributed by atoms with Gasteiger partial charge in [0, 0.05) is 31.7 Å². The number of likely N-dealkylation sites (tertiary alicyclic amines) is 2. The van der Waals surface area contributed by atoms with Crippen LogP contribution < -0.4 is 0 Å². The van der Waals surface area contributed by atoms with Crippen molar-refractivity contribution in [2.45, 2.75) is 25.3 Å². The Hall–Kier alpha value is -2.99. The second-order valence-electron chi connectivity index (χ2n) is 8.54. The van der Waals surface area contributed by atoms with Gasteiger partial charge in [-0.05, 0) is 43.5 Å². The summed E-state index contributed by atoms with van der Waals surface area (Å²) in [5.74, 6) is 1.71. The molecule has 3 heterocycles. The molecule has 0 saturated carbocycles. The Morgan fingerprint density at radius 1 is 1.10 bits per heavy atom. The topological polar surface area (TPSA) is 62.5 Å². The second kappa shape index (κ2) is 7.69. The molecule has 0 N–H and O–H groups in total. The van der Waals surface area contributed by atoms with Gasteiger partial charge in [-0.2, -0.15) is 4.98 Å². The Morgan fingerprint density at radius 2 is 1.83 bits per heavy atom. The van der Waals surface area contributed by atoms with Gasteiger partial charge < -0.3 is 9.42 Å². The van der Waals surface area contributed by atoms with Crippen LogP contribution in [0, 0.1) is 12.8 Å². The molecule has 2 saturated heterocycles. The van der Waals surface area contributed by atoms with Crippen LogP contribution >= 0.6 is 0 Å². The lowest BCUT2D eigenvalue weighted by molar-refractivity contribution is 0.0756. The third-order valence-corrected chi connectivity index (χ3v) is 6.51. The molecule has 2 fully saturated rings. The van der Waals surface area contributed by atoms with Crippen LogP contribution in [-0.4, -0.2) is 52.0 Å². The van der Waals surface area contributed by atoms with Crippen molar-refractivity contribution in [3.8, 4) is 0 Å². The first-order valence-electron chi connectivity index (χ1n) is 10.6. The number of aromatic nitrogens is 2. The predicted octanol–water partition coefficient (Wildman–Crippen LogP) is 3.29. The van der Waals surface area contributed by atoms with Crippen molar-refractivity contribution >= 4 is 5.91 Å². The van der Waals surface area contributed by atoms with Gasteiger partial charge >= 0.3 is 0 Å². The Balaban J connectivity index is 1.44. The first-order chi connectivity index (χ1) is 14.6. The van der Waals surface area contributed by atoms with E-state index in [0.29, 0.717) is 24.2 Å². The number of amides is 1. The van der Waals surface area contributed by atoms with Crippen LogP contribution in [0.25, 0.3) is 0 Å². The normalized spacial score (nSPS) is 24.0. The SMILES string of the molecule is Cc1noc([C@]23CN(Cc4ccccc4)CC[C@H]2CN(C(=O)c2ccccc2)C3)n1. The van der Waals surface area contributed by atoms with Gasteiger partial charge in [0.25, 0.3) is 5.91 Å². The van der Waals surface area contributed by atoms with E-state index in [0.717, 1.165) is 38.2 Å². The molecule has 30 heavy (non-hydrogen) atoms. The lowest BCUT2D eigenvalue weighted by atomic mass is 9.73. The van der Waals surface area contributed by atoms with Crippen molar-refractivity contribution in [2.24, 2.45) is 5.92 Å². The highest BCUT2D eigenvalue weighted by molar-refractivity contribution is 5.94. The molecule has 1 amide bonds. The van der Waals surface area contributed by atoms with E-state index in [-0.39, 0.29) is 11.3 Å². The molecule has 1 aromatic heterocycles. The van der Waals surface area contributed by atoms with E-state index in [2.05, 4.69) is 39.3 Å². The average Bonchev–Trinajstić information content (AvgIpc) is 3.39. The van der Waals surface area contributed by atoms with Gasteiger partial charge in [0.1, 0.15) is 0 Å². The Bertz CT molecular complexity index is 1020. The lowest BCUT2D eigenvalue weighted by Gasteiger charge is -2.41. The minimum Gasteiger partial charge on any atom is -0.339 e. The van der Waals surface area contributed by atoms with E-state index in [1.165, 1.54) is 5.56 Å². The Labute approximate surface area is 176 Å². The Kier molecular flexibility index (Phi) is 4.87. The summed E-state index contributed by atoms with van der Waals surface area (Å²) in [5, 5.41) is 4.08. The molecule has 2 aliphatic heterocycles. The Morgan fingerprint density at radius 3 is 2.53 bits per heavy atom. The lowest BCUT2D eigenvalue weighted by Crippen LogP contribution is -2.51. The largest absolute Gasteiger partial charge is 0.339 e. The number of carbonyl (C=O) groups is 1. The molecule has 0 aliphatic carbocycles. The number of piperidine rings is 1. The van der Waals surface area contributed by atoms with Crippen LogP contribution in [-0.2, 0) is 12.0 Å². The molecule has 5 rings (SSSR count). The smallest absolute Gasteiger partial charge is 0.253 e. The maximum absolute atomic E-state index is 13.2.